The minimum absolute atomic E-state index is 0.140. The van der Waals surface area contributed by atoms with Crippen molar-refractivity contribution in [1.82, 2.24) is 14.6 Å². The molecule has 2 heterocycles. The van der Waals surface area contributed by atoms with Crippen LogP contribution in [0.4, 0.5) is 0 Å². The van der Waals surface area contributed by atoms with Gasteiger partial charge in [-0.15, -0.1) is 0 Å². The maximum absolute atomic E-state index is 12.8. The van der Waals surface area contributed by atoms with Crippen LogP contribution in [-0.4, -0.2) is 43.2 Å². The summed E-state index contributed by atoms with van der Waals surface area (Å²) in [4.78, 5) is 16.0. The molecule has 1 aromatic carbocycles. The van der Waals surface area contributed by atoms with Crippen LogP contribution in [-0.2, 0) is 14.8 Å². The van der Waals surface area contributed by atoms with Gasteiger partial charge in [0.15, 0.2) is 0 Å². The Labute approximate surface area is 122 Å². The molecule has 0 bridgehead atoms. The van der Waals surface area contributed by atoms with Crippen molar-refractivity contribution in [1.29, 1.82) is 0 Å². The Bertz CT molecular complexity index is 784. The molecule has 0 unspecified atom stereocenters. The number of hydrogen-bond donors (Lipinski definition) is 1. The van der Waals surface area contributed by atoms with Gasteiger partial charge in [-0.25, -0.2) is 8.42 Å². The summed E-state index contributed by atoms with van der Waals surface area (Å²) in [5, 5.41) is 3.25. The zero-order valence-electron chi connectivity index (χ0n) is 11.3. The second-order valence-electron chi connectivity index (χ2n) is 4.87. The molecule has 1 aliphatic heterocycles. The first kappa shape index (κ1) is 14.0. The summed E-state index contributed by atoms with van der Waals surface area (Å²) in [7, 11) is -3.71. The summed E-state index contributed by atoms with van der Waals surface area (Å²) >= 11 is 0. The Balaban J connectivity index is 2.09. The van der Waals surface area contributed by atoms with Crippen molar-refractivity contribution in [3.8, 4) is 0 Å². The quantitative estimate of drug-likeness (QED) is 0.888. The monoisotopic (exact) mass is 305 g/mol. The molecular weight excluding hydrogens is 290 g/mol. The van der Waals surface area contributed by atoms with E-state index in [0.717, 1.165) is 0 Å². The first-order chi connectivity index (χ1) is 10.1. The maximum Gasteiger partial charge on any atom is 0.244 e. The van der Waals surface area contributed by atoms with Crippen molar-refractivity contribution in [3.05, 3.63) is 36.5 Å². The Morgan fingerprint density at radius 2 is 2.05 bits per heavy atom. The van der Waals surface area contributed by atoms with E-state index in [0.29, 0.717) is 30.4 Å². The minimum atomic E-state index is -3.71. The van der Waals surface area contributed by atoms with Crippen LogP contribution in [0.3, 0.4) is 0 Å². The topological polar surface area (TPSA) is 79.4 Å². The third kappa shape index (κ3) is 2.62. The molecule has 0 spiro atoms. The molecule has 6 nitrogen and oxygen atoms in total. The van der Waals surface area contributed by atoms with E-state index < -0.39 is 10.0 Å². The smallest absolute Gasteiger partial charge is 0.244 e. The van der Waals surface area contributed by atoms with Crippen LogP contribution in [0.15, 0.2) is 41.4 Å². The Morgan fingerprint density at radius 1 is 1.19 bits per heavy atom. The lowest BCUT2D eigenvalue weighted by molar-refractivity contribution is -0.120. The van der Waals surface area contributed by atoms with Gasteiger partial charge in [-0.05, 0) is 30.7 Å². The minimum Gasteiger partial charge on any atom is -0.355 e. The first-order valence-corrected chi connectivity index (χ1v) is 8.13. The normalized spacial score (nSPS) is 17.4. The molecule has 21 heavy (non-hydrogen) atoms. The van der Waals surface area contributed by atoms with Gasteiger partial charge in [0.05, 0.1) is 17.0 Å². The molecule has 2 aromatic rings. The lowest BCUT2D eigenvalue weighted by atomic mass is 10.2. The summed E-state index contributed by atoms with van der Waals surface area (Å²) in [6, 6.07) is 8.43. The van der Waals surface area contributed by atoms with Gasteiger partial charge in [0, 0.05) is 24.7 Å². The number of pyridine rings is 1. The van der Waals surface area contributed by atoms with Gasteiger partial charge in [0.1, 0.15) is 0 Å². The average molecular weight is 305 g/mol. The third-order valence-electron chi connectivity index (χ3n) is 3.45. The lowest BCUT2D eigenvalue weighted by Gasteiger charge is -2.19. The van der Waals surface area contributed by atoms with Gasteiger partial charge >= 0.3 is 0 Å². The first-order valence-electron chi connectivity index (χ1n) is 6.69. The van der Waals surface area contributed by atoms with Gasteiger partial charge in [-0.1, -0.05) is 6.07 Å². The second kappa shape index (κ2) is 5.42. The number of aromatic nitrogens is 1. The fourth-order valence-electron chi connectivity index (χ4n) is 2.42. The number of rotatable bonds is 2. The summed E-state index contributed by atoms with van der Waals surface area (Å²) < 4.78 is 26.9. The number of hydrogen-bond acceptors (Lipinski definition) is 4. The number of carbonyl (C=O) groups is 1. The zero-order valence-corrected chi connectivity index (χ0v) is 12.1. The van der Waals surface area contributed by atoms with Gasteiger partial charge in [0.2, 0.25) is 15.9 Å². The van der Waals surface area contributed by atoms with E-state index in [-0.39, 0.29) is 17.3 Å². The van der Waals surface area contributed by atoms with Crippen LogP contribution in [0.2, 0.25) is 0 Å². The Hall–Kier alpha value is -1.99. The number of carbonyl (C=O) groups excluding carboxylic acids is 1. The zero-order chi connectivity index (χ0) is 14.9. The van der Waals surface area contributed by atoms with Gasteiger partial charge < -0.3 is 5.32 Å². The average Bonchev–Trinajstić information content (AvgIpc) is 2.71. The highest BCUT2D eigenvalue weighted by Crippen LogP contribution is 2.24. The standard InChI is InChI=1S/C14H15N3O3S/c18-14-10-17(9-3-8-16-14)21(19,20)13-6-1-5-12-11(13)4-2-7-15-12/h1-2,4-7H,3,8-10H2,(H,16,18). The number of sulfonamides is 1. The highest BCUT2D eigenvalue weighted by Gasteiger charge is 2.29. The van der Waals surface area contributed by atoms with Gasteiger partial charge in [0.25, 0.3) is 0 Å². The van der Waals surface area contributed by atoms with E-state index in [2.05, 4.69) is 10.3 Å². The number of fused-ring (bicyclic) bond motifs is 1. The molecule has 1 aliphatic rings. The van der Waals surface area contributed by atoms with E-state index in [1.807, 2.05) is 0 Å². The molecule has 1 fully saturated rings. The Morgan fingerprint density at radius 3 is 2.90 bits per heavy atom. The molecule has 0 atom stereocenters. The van der Waals surface area contributed by atoms with E-state index in [1.54, 1.807) is 36.5 Å². The van der Waals surface area contributed by atoms with Crippen molar-refractivity contribution >= 4 is 26.8 Å². The number of benzene rings is 1. The molecule has 1 aromatic heterocycles. The molecule has 110 valence electrons. The van der Waals surface area contributed by atoms with Gasteiger partial charge in [-0.2, -0.15) is 4.31 Å². The van der Waals surface area contributed by atoms with E-state index in [9.17, 15) is 13.2 Å². The number of amides is 1. The molecule has 3 rings (SSSR count). The SMILES string of the molecule is O=C1CN(S(=O)(=O)c2cccc3ncccc23)CCCN1. The van der Waals surface area contributed by atoms with Crippen LogP contribution in [0.1, 0.15) is 6.42 Å². The third-order valence-corrected chi connectivity index (χ3v) is 5.35. The fourth-order valence-corrected chi connectivity index (χ4v) is 4.06. The van der Waals surface area contributed by atoms with Crippen LogP contribution >= 0.6 is 0 Å². The summed E-state index contributed by atoms with van der Waals surface area (Å²) in [6.07, 6.45) is 2.23. The van der Waals surface area contributed by atoms with E-state index in [1.165, 1.54) is 4.31 Å². The van der Waals surface area contributed by atoms with Crippen LogP contribution in [0, 0.1) is 0 Å². The van der Waals surface area contributed by atoms with Crippen molar-refractivity contribution < 1.29 is 13.2 Å². The Kier molecular flexibility index (Phi) is 3.60. The van der Waals surface area contributed by atoms with Gasteiger partial charge in [-0.3, -0.25) is 9.78 Å². The molecule has 7 heteroatoms. The molecule has 0 saturated carbocycles. The van der Waals surface area contributed by atoms with Crippen LogP contribution in [0.5, 0.6) is 0 Å². The summed E-state index contributed by atoms with van der Waals surface area (Å²) in [5.41, 5.74) is 0.623. The lowest BCUT2D eigenvalue weighted by Crippen LogP contribution is -2.37. The summed E-state index contributed by atoms with van der Waals surface area (Å²) in [5.74, 6) is -0.269. The second-order valence-corrected chi connectivity index (χ2v) is 6.77. The van der Waals surface area contributed by atoms with Crippen LogP contribution < -0.4 is 5.32 Å². The highest BCUT2D eigenvalue weighted by molar-refractivity contribution is 7.89. The van der Waals surface area contributed by atoms with Crippen molar-refractivity contribution in [3.63, 3.8) is 0 Å². The number of nitrogens with zero attached hydrogens (tertiary/aromatic N) is 2. The molecule has 1 N–H and O–H groups in total. The summed E-state index contributed by atoms with van der Waals surface area (Å²) in [6.45, 7) is 0.693. The van der Waals surface area contributed by atoms with Crippen molar-refractivity contribution in [2.45, 2.75) is 11.3 Å². The molecule has 1 saturated heterocycles. The fraction of sp³-hybridized carbons (Fsp3) is 0.286. The molecular formula is C14H15N3O3S. The highest BCUT2D eigenvalue weighted by atomic mass is 32.2. The largest absolute Gasteiger partial charge is 0.355 e. The molecule has 0 radical (unpaired) electrons. The predicted octanol–water partition coefficient (Wildman–Crippen LogP) is 0.745. The molecule has 1 amide bonds. The van der Waals surface area contributed by atoms with E-state index in [4.69, 9.17) is 0 Å². The van der Waals surface area contributed by atoms with Crippen molar-refractivity contribution in [2.75, 3.05) is 19.6 Å². The number of nitrogens with one attached hydrogen (secondary N) is 1. The van der Waals surface area contributed by atoms with E-state index >= 15 is 0 Å². The maximum atomic E-state index is 12.8. The predicted molar refractivity (Wildman–Crippen MR) is 78.1 cm³/mol. The molecule has 0 aliphatic carbocycles. The van der Waals surface area contributed by atoms with Crippen molar-refractivity contribution in [2.24, 2.45) is 0 Å². The van der Waals surface area contributed by atoms with Crippen LogP contribution in [0.25, 0.3) is 10.9 Å².